The Bertz CT molecular complexity index is 1080. The van der Waals surface area contributed by atoms with E-state index in [1.807, 2.05) is 24.3 Å². The van der Waals surface area contributed by atoms with Crippen LogP contribution < -0.4 is 10.5 Å². The van der Waals surface area contributed by atoms with Crippen molar-refractivity contribution >= 4 is 18.1 Å². The molecule has 1 spiro atoms. The summed E-state index contributed by atoms with van der Waals surface area (Å²) in [6.45, 7) is 1.08. The van der Waals surface area contributed by atoms with Crippen molar-refractivity contribution in [1.82, 2.24) is 4.90 Å². The number of amides is 1. The van der Waals surface area contributed by atoms with Gasteiger partial charge in [0.05, 0.1) is 12.5 Å². The number of fused-ring (bicyclic) bond motifs is 1. The molecular formula is C24H27FN4O3. The predicted molar refractivity (Wildman–Crippen MR) is 121 cm³/mol. The predicted octanol–water partition coefficient (Wildman–Crippen LogP) is 3.31. The number of rotatable bonds is 3. The summed E-state index contributed by atoms with van der Waals surface area (Å²) in [6.07, 6.45) is 3.65. The summed E-state index contributed by atoms with van der Waals surface area (Å²) < 4.78 is 26.3. The molecule has 0 saturated carbocycles. The number of carbonyl (C=O) groups is 1. The number of guanidine groups is 1. The SMILES string of the molecule is CN=Cc1cc(F)cc(-c2ccc3c(c2)C(C(=O)N(C)C(=N)N)CC2(CCCOC2)O3)c1. The first-order valence-electron chi connectivity index (χ1n) is 10.6. The summed E-state index contributed by atoms with van der Waals surface area (Å²) in [5.74, 6) is -0.912. The average molecular weight is 439 g/mol. The van der Waals surface area contributed by atoms with Gasteiger partial charge in [0.15, 0.2) is 5.96 Å². The fourth-order valence-corrected chi connectivity index (χ4v) is 4.49. The minimum Gasteiger partial charge on any atom is -0.485 e. The molecule has 2 aliphatic rings. The Morgan fingerprint density at radius 1 is 1.31 bits per heavy atom. The molecule has 168 valence electrons. The molecule has 8 heteroatoms. The first kappa shape index (κ1) is 22.0. The number of aliphatic imine (C=N–C) groups is 1. The zero-order chi connectivity index (χ0) is 22.9. The summed E-state index contributed by atoms with van der Waals surface area (Å²) in [5, 5.41) is 7.71. The number of benzene rings is 2. The third kappa shape index (κ3) is 4.23. The second-order valence-corrected chi connectivity index (χ2v) is 8.39. The molecule has 2 aromatic carbocycles. The first-order valence-corrected chi connectivity index (χ1v) is 10.6. The van der Waals surface area contributed by atoms with E-state index in [2.05, 4.69) is 4.99 Å². The topological polar surface area (TPSA) is 101 Å². The van der Waals surface area contributed by atoms with E-state index in [0.29, 0.717) is 42.1 Å². The Labute approximate surface area is 186 Å². The van der Waals surface area contributed by atoms with Crippen LogP contribution in [0.5, 0.6) is 5.75 Å². The zero-order valence-corrected chi connectivity index (χ0v) is 18.2. The van der Waals surface area contributed by atoms with E-state index in [1.165, 1.54) is 19.2 Å². The number of nitrogens with two attached hydrogens (primary N) is 1. The van der Waals surface area contributed by atoms with Crippen LogP contribution in [0.2, 0.25) is 0 Å². The van der Waals surface area contributed by atoms with Gasteiger partial charge in [0, 0.05) is 38.9 Å². The van der Waals surface area contributed by atoms with E-state index >= 15 is 0 Å². The van der Waals surface area contributed by atoms with Gasteiger partial charge in [0.1, 0.15) is 17.2 Å². The monoisotopic (exact) mass is 438 g/mol. The molecule has 2 aromatic rings. The third-order valence-electron chi connectivity index (χ3n) is 6.10. The van der Waals surface area contributed by atoms with Crippen molar-refractivity contribution in [3.05, 3.63) is 53.3 Å². The summed E-state index contributed by atoms with van der Waals surface area (Å²) in [4.78, 5) is 18.4. The van der Waals surface area contributed by atoms with Crippen LogP contribution in [0.25, 0.3) is 11.1 Å². The highest BCUT2D eigenvalue weighted by Gasteiger charge is 2.45. The third-order valence-corrected chi connectivity index (χ3v) is 6.10. The number of ether oxygens (including phenoxy) is 2. The van der Waals surface area contributed by atoms with E-state index in [-0.39, 0.29) is 17.7 Å². The molecule has 4 rings (SSSR count). The molecule has 32 heavy (non-hydrogen) atoms. The summed E-state index contributed by atoms with van der Waals surface area (Å²) in [5.41, 5.74) is 7.79. The minimum absolute atomic E-state index is 0.276. The van der Waals surface area contributed by atoms with Crippen molar-refractivity contribution in [2.75, 3.05) is 27.3 Å². The quantitative estimate of drug-likeness (QED) is 0.567. The van der Waals surface area contributed by atoms with E-state index in [4.69, 9.17) is 20.6 Å². The summed E-state index contributed by atoms with van der Waals surface area (Å²) in [7, 11) is 3.13. The lowest BCUT2D eigenvalue weighted by atomic mass is 9.78. The normalized spacial score (nSPS) is 22.4. The van der Waals surface area contributed by atoms with E-state index in [0.717, 1.165) is 23.3 Å². The van der Waals surface area contributed by atoms with Gasteiger partial charge in [0.2, 0.25) is 5.91 Å². The maximum Gasteiger partial charge on any atom is 0.236 e. The van der Waals surface area contributed by atoms with Gasteiger partial charge in [-0.1, -0.05) is 6.07 Å². The maximum atomic E-state index is 14.2. The zero-order valence-electron chi connectivity index (χ0n) is 18.2. The van der Waals surface area contributed by atoms with Gasteiger partial charge < -0.3 is 15.2 Å². The molecule has 0 radical (unpaired) electrons. The number of hydrogen-bond acceptors (Lipinski definition) is 5. The summed E-state index contributed by atoms with van der Waals surface area (Å²) >= 11 is 0. The van der Waals surface area contributed by atoms with Gasteiger partial charge in [-0.05, 0) is 59.9 Å². The lowest BCUT2D eigenvalue weighted by molar-refractivity contribution is -0.133. The molecule has 0 bridgehead atoms. The smallest absolute Gasteiger partial charge is 0.236 e. The number of halogens is 1. The molecule has 0 aromatic heterocycles. The van der Waals surface area contributed by atoms with Crippen molar-refractivity contribution in [1.29, 1.82) is 5.41 Å². The molecule has 3 N–H and O–H groups in total. The van der Waals surface area contributed by atoms with E-state index in [9.17, 15) is 9.18 Å². The highest BCUT2D eigenvalue weighted by Crippen LogP contribution is 2.46. The van der Waals surface area contributed by atoms with E-state index in [1.54, 1.807) is 13.3 Å². The molecule has 2 heterocycles. The highest BCUT2D eigenvalue weighted by molar-refractivity contribution is 5.98. The van der Waals surface area contributed by atoms with Gasteiger partial charge >= 0.3 is 0 Å². The Balaban J connectivity index is 1.79. The van der Waals surface area contributed by atoms with Crippen molar-refractivity contribution in [3.8, 4) is 16.9 Å². The van der Waals surface area contributed by atoms with Crippen molar-refractivity contribution < 1.29 is 18.7 Å². The van der Waals surface area contributed by atoms with Crippen molar-refractivity contribution in [2.24, 2.45) is 10.7 Å². The first-order chi connectivity index (χ1) is 15.3. The van der Waals surface area contributed by atoms with Crippen LogP contribution in [-0.4, -0.2) is 55.9 Å². The fraction of sp³-hybridized carbons (Fsp3) is 0.375. The fourth-order valence-electron chi connectivity index (χ4n) is 4.49. The van der Waals surface area contributed by atoms with Crippen molar-refractivity contribution in [2.45, 2.75) is 30.8 Å². The number of likely N-dealkylation sites (N-methyl/N-ethyl adjacent to an activating group) is 1. The van der Waals surface area contributed by atoms with Gasteiger partial charge in [-0.3, -0.25) is 20.1 Å². The van der Waals surface area contributed by atoms with Crippen LogP contribution in [0.3, 0.4) is 0 Å². The van der Waals surface area contributed by atoms with E-state index < -0.39 is 11.5 Å². The lowest BCUT2D eigenvalue weighted by Gasteiger charge is -2.44. The minimum atomic E-state index is -0.589. The van der Waals surface area contributed by atoms with Gasteiger partial charge in [-0.2, -0.15) is 0 Å². The second-order valence-electron chi connectivity index (χ2n) is 8.39. The average Bonchev–Trinajstić information content (AvgIpc) is 2.77. The molecule has 1 saturated heterocycles. The molecule has 7 nitrogen and oxygen atoms in total. The van der Waals surface area contributed by atoms with Crippen LogP contribution in [-0.2, 0) is 9.53 Å². The Morgan fingerprint density at radius 2 is 2.12 bits per heavy atom. The number of nitrogens with zero attached hydrogens (tertiary/aromatic N) is 2. The standard InChI is InChI=1S/C24H27FN4O3/c1-28-13-15-8-17(10-18(25)9-15)16-4-5-21-19(11-16)20(22(30)29(2)23(26)27)12-24(32-21)6-3-7-31-14-24/h4-5,8-11,13,20H,3,6-7,12,14H2,1-2H3,(H3,26,27). The molecule has 2 atom stereocenters. The number of hydrogen-bond donors (Lipinski definition) is 2. The molecule has 1 amide bonds. The molecular weight excluding hydrogens is 411 g/mol. The van der Waals surface area contributed by atoms with Crippen LogP contribution in [0, 0.1) is 11.2 Å². The van der Waals surface area contributed by atoms with Crippen LogP contribution in [0.4, 0.5) is 4.39 Å². The molecule has 2 aliphatic heterocycles. The van der Waals surface area contributed by atoms with Crippen LogP contribution in [0.15, 0.2) is 41.4 Å². The molecule has 1 fully saturated rings. The van der Waals surface area contributed by atoms with Crippen molar-refractivity contribution in [3.63, 3.8) is 0 Å². The maximum absolute atomic E-state index is 14.2. The Morgan fingerprint density at radius 3 is 2.81 bits per heavy atom. The van der Waals surface area contributed by atoms with Crippen LogP contribution in [0.1, 0.15) is 36.3 Å². The summed E-state index contributed by atoms with van der Waals surface area (Å²) in [6, 6.07) is 10.3. The highest BCUT2D eigenvalue weighted by atomic mass is 19.1. The molecule has 2 unspecified atom stereocenters. The Hall–Kier alpha value is -3.26. The largest absolute Gasteiger partial charge is 0.485 e. The van der Waals surface area contributed by atoms with Gasteiger partial charge in [0.25, 0.3) is 0 Å². The Kier molecular flexibility index (Phi) is 5.97. The van der Waals surface area contributed by atoms with Crippen LogP contribution >= 0.6 is 0 Å². The number of nitrogens with one attached hydrogen (secondary N) is 1. The molecule has 0 aliphatic carbocycles. The number of carbonyl (C=O) groups excluding carboxylic acids is 1. The second kappa shape index (κ2) is 8.70. The lowest BCUT2D eigenvalue weighted by Crippen LogP contribution is -2.51. The van der Waals surface area contributed by atoms with Gasteiger partial charge in [-0.25, -0.2) is 4.39 Å². The van der Waals surface area contributed by atoms with Gasteiger partial charge in [-0.15, -0.1) is 0 Å².